The molecule has 2 N–H and O–H groups in total. The molecular weight excluding hydrogens is 368 g/mol. The number of amides is 1. The van der Waals surface area contributed by atoms with Crippen LogP contribution in [0.25, 0.3) is 10.9 Å². The number of aryl methyl sites for hydroxylation is 2. The van der Waals surface area contributed by atoms with Gasteiger partial charge in [0.25, 0.3) is 5.56 Å². The molecule has 5 heteroatoms. The molecule has 1 amide bonds. The van der Waals surface area contributed by atoms with Gasteiger partial charge in [-0.25, -0.2) is 0 Å². The molecule has 0 unspecified atom stereocenters. The van der Waals surface area contributed by atoms with Crippen molar-refractivity contribution in [2.24, 2.45) is 0 Å². The van der Waals surface area contributed by atoms with Crippen molar-refractivity contribution in [1.29, 1.82) is 0 Å². The van der Waals surface area contributed by atoms with Crippen LogP contribution in [0.3, 0.4) is 0 Å². The molecule has 0 bridgehead atoms. The van der Waals surface area contributed by atoms with Gasteiger partial charge in [0.15, 0.2) is 0 Å². The summed E-state index contributed by atoms with van der Waals surface area (Å²) in [4.78, 5) is 27.1. The number of anilines is 1. The molecule has 122 valence electrons. The third kappa shape index (κ3) is 3.92. The van der Waals surface area contributed by atoms with Gasteiger partial charge in [0.2, 0.25) is 5.91 Å². The van der Waals surface area contributed by atoms with Crippen molar-refractivity contribution in [3.63, 3.8) is 0 Å². The summed E-state index contributed by atoms with van der Waals surface area (Å²) >= 11 is 3.37. The first kappa shape index (κ1) is 16.5. The minimum Gasteiger partial charge on any atom is -0.326 e. The molecule has 3 rings (SSSR count). The number of nitrogens with one attached hydrogen (secondary N) is 2. The van der Waals surface area contributed by atoms with E-state index in [0.717, 1.165) is 26.6 Å². The van der Waals surface area contributed by atoms with Gasteiger partial charge in [0.05, 0.1) is 0 Å². The van der Waals surface area contributed by atoms with E-state index in [2.05, 4.69) is 26.2 Å². The maximum Gasteiger partial charge on any atom is 0.251 e. The van der Waals surface area contributed by atoms with Gasteiger partial charge in [-0.3, -0.25) is 9.59 Å². The van der Waals surface area contributed by atoms with Gasteiger partial charge >= 0.3 is 0 Å². The van der Waals surface area contributed by atoms with Crippen LogP contribution in [0, 0.1) is 6.92 Å². The van der Waals surface area contributed by atoms with Gasteiger partial charge in [-0.15, -0.1) is 0 Å². The van der Waals surface area contributed by atoms with Gasteiger partial charge in [0, 0.05) is 27.7 Å². The molecule has 0 spiro atoms. The van der Waals surface area contributed by atoms with E-state index in [9.17, 15) is 9.59 Å². The number of pyridine rings is 1. The van der Waals surface area contributed by atoms with Crippen molar-refractivity contribution in [3.8, 4) is 0 Å². The predicted molar refractivity (Wildman–Crippen MR) is 100 cm³/mol. The summed E-state index contributed by atoms with van der Waals surface area (Å²) in [6.07, 6.45) is 0.659. The lowest BCUT2D eigenvalue weighted by Crippen LogP contribution is -2.17. The molecule has 2 aromatic carbocycles. The predicted octanol–water partition coefficient (Wildman–Crippen LogP) is 4.17. The summed E-state index contributed by atoms with van der Waals surface area (Å²) in [5, 5.41) is 3.82. The van der Waals surface area contributed by atoms with E-state index in [1.165, 1.54) is 0 Å². The fourth-order valence-electron chi connectivity index (χ4n) is 2.59. The number of benzene rings is 2. The van der Waals surface area contributed by atoms with Gasteiger partial charge < -0.3 is 10.3 Å². The second kappa shape index (κ2) is 7.01. The van der Waals surface area contributed by atoms with Crippen LogP contribution in [-0.2, 0) is 11.2 Å². The molecule has 1 aromatic heterocycles. The molecule has 0 aliphatic heterocycles. The van der Waals surface area contributed by atoms with Crippen LogP contribution in [0.15, 0.2) is 57.8 Å². The highest BCUT2D eigenvalue weighted by Crippen LogP contribution is 2.17. The molecule has 0 saturated carbocycles. The minimum atomic E-state index is -0.137. The minimum absolute atomic E-state index is 0.114. The Morgan fingerprint density at radius 2 is 2.00 bits per heavy atom. The molecule has 0 saturated heterocycles. The van der Waals surface area contributed by atoms with E-state index >= 15 is 0 Å². The van der Waals surface area contributed by atoms with E-state index < -0.39 is 0 Å². The molecule has 1 heterocycles. The number of carbonyl (C=O) groups excluding carboxylic acids is 1. The van der Waals surface area contributed by atoms with Crippen molar-refractivity contribution in [3.05, 3.63) is 74.5 Å². The average molecular weight is 385 g/mol. The zero-order chi connectivity index (χ0) is 17.1. The van der Waals surface area contributed by atoms with Gasteiger partial charge in [-0.1, -0.05) is 33.6 Å². The van der Waals surface area contributed by atoms with Crippen LogP contribution in [0.2, 0.25) is 0 Å². The highest BCUT2D eigenvalue weighted by molar-refractivity contribution is 9.10. The molecule has 0 aliphatic carbocycles. The summed E-state index contributed by atoms with van der Waals surface area (Å²) in [6, 6.07) is 15.2. The van der Waals surface area contributed by atoms with E-state index in [1.807, 2.05) is 55.5 Å². The Morgan fingerprint density at radius 1 is 1.17 bits per heavy atom. The van der Waals surface area contributed by atoms with Crippen LogP contribution in [-0.4, -0.2) is 10.9 Å². The number of H-pyrrole nitrogens is 1. The Morgan fingerprint density at radius 3 is 2.79 bits per heavy atom. The van der Waals surface area contributed by atoms with E-state index in [1.54, 1.807) is 0 Å². The van der Waals surface area contributed by atoms with Gasteiger partial charge in [-0.05, 0) is 55.1 Å². The molecule has 0 aliphatic rings. The summed E-state index contributed by atoms with van der Waals surface area (Å²) in [6.45, 7) is 2.01. The first-order chi connectivity index (χ1) is 11.5. The fraction of sp³-hybridized carbons (Fsp3) is 0.158. The summed E-state index contributed by atoms with van der Waals surface area (Å²) in [5.41, 5.74) is 3.16. The number of carbonyl (C=O) groups is 1. The molecule has 4 nitrogen and oxygen atoms in total. The van der Waals surface area contributed by atoms with Crippen LogP contribution in [0.5, 0.6) is 0 Å². The molecule has 24 heavy (non-hydrogen) atoms. The average Bonchev–Trinajstić information content (AvgIpc) is 2.53. The third-order valence-corrected chi connectivity index (χ3v) is 4.30. The van der Waals surface area contributed by atoms with Crippen LogP contribution in [0.4, 0.5) is 5.69 Å². The number of hydrogen-bond donors (Lipinski definition) is 2. The number of hydrogen-bond acceptors (Lipinski definition) is 2. The molecule has 0 atom stereocenters. The highest BCUT2D eigenvalue weighted by Gasteiger charge is 2.08. The number of fused-ring (bicyclic) bond motifs is 1. The van der Waals surface area contributed by atoms with Crippen molar-refractivity contribution < 1.29 is 4.79 Å². The first-order valence-electron chi connectivity index (χ1n) is 7.69. The number of aromatic nitrogens is 1. The lowest BCUT2D eigenvalue weighted by atomic mass is 10.1. The van der Waals surface area contributed by atoms with Crippen molar-refractivity contribution in [2.75, 3.05) is 5.32 Å². The summed E-state index contributed by atoms with van der Waals surface area (Å²) in [5.74, 6) is -0.114. The van der Waals surface area contributed by atoms with Gasteiger partial charge in [-0.2, -0.15) is 0 Å². The van der Waals surface area contributed by atoms with Crippen LogP contribution in [0.1, 0.15) is 17.5 Å². The lowest BCUT2D eigenvalue weighted by molar-refractivity contribution is -0.116. The highest BCUT2D eigenvalue weighted by atomic mass is 79.9. The van der Waals surface area contributed by atoms with Crippen molar-refractivity contribution in [2.45, 2.75) is 19.8 Å². The van der Waals surface area contributed by atoms with E-state index in [0.29, 0.717) is 12.0 Å². The Kier molecular flexibility index (Phi) is 4.81. The normalized spacial score (nSPS) is 10.8. The van der Waals surface area contributed by atoms with E-state index in [-0.39, 0.29) is 17.9 Å². The quantitative estimate of drug-likeness (QED) is 0.708. The molecular formula is C19H17BrN2O2. The number of aromatic amines is 1. The summed E-state index contributed by atoms with van der Waals surface area (Å²) < 4.78 is 0.904. The van der Waals surface area contributed by atoms with Crippen molar-refractivity contribution in [1.82, 2.24) is 4.98 Å². The molecule has 3 aromatic rings. The Balaban J connectivity index is 1.72. The third-order valence-electron chi connectivity index (χ3n) is 3.81. The largest absolute Gasteiger partial charge is 0.326 e. The van der Waals surface area contributed by atoms with Gasteiger partial charge in [0.1, 0.15) is 0 Å². The summed E-state index contributed by atoms with van der Waals surface area (Å²) in [7, 11) is 0. The zero-order valence-corrected chi connectivity index (χ0v) is 14.8. The van der Waals surface area contributed by atoms with Crippen LogP contribution >= 0.6 is 15.9 Å². The SMILES string of the molecule is Cc1ccc2[nH]c(=O)c(CCC(=O)Nc3cccc(Br)c3)cc2c1. The maximum atomic E-state index is 12.1. The smallest absolute Gasteiger partial charge is 0.251 e. The molecule has 0 fully saturated rings. The maximum absolute atomic E-state index is 12.1. The monoisotopic (exact) mass is 384 g/mol. The zero-order valence-electron chi connectivity index (χ0n) is 13.2. The topological polar surface area (TPSA) is 62.0 Å². The second-order valence-corrected chi connectivity index (χ2v) is 6.69. The number of rotatable bonds is 4. The second-order valence-electron chi connectivity index (χ2n) is 5.77. The Hall–Kier alpha value is -2.40. The lowest BCUT2D eigenvalue weighted by Gasteiger charge is -2.06. The van der Waals surface area contributed by atoms with Crippen molar-refractivity contribution >= 4 is 38.4 Å². The fourth-order valence-corrected chi connectivity index (χ4v) is 2.99. The standard InChI is InChI=1S/C19H17BrN2O2/c1-12-5-7-17-14(9-12)10-13(19(24)22-17)6-8-18(23)21-16-4-2-3-15(20)11-16/h2-5,7,9-11H,6,8H2,1H3,(H,21,23)(H,22,24). The molecule has 0 radical (unpaired) electrons. The Bertz CT molecular complexity index is 963. The first-order valence-corrected chi connectivity index (χ1v) is 8.48. The number of halogens is 1. The van der Waals surface area contributed by atoms with E-state index in [4.69, 9.17) is 0 Å². The van der Waals surface area contributed by atoms with Crippen LogP contribution < -0.4 is 10.9 Å². The Labute approximate surface area is 148 Å².